The lowest BCUT2D eigenvalue weighted by molar-refractivity contribution is 0.333. The van der Waals surface area contributed by atoms with Gasteiger partial charge in [-0.3, -0.25) is 11.3 Å². The number of hydrogen-bond donors (Lipinski definition) is 2. The fourth-order valence-electron chi connectivity index (χ4n) is 1.89. The van der Waals surface area contributed by atoms with Gasteiger partial charge in [-0.15, -0.1) is 0 Å². The molecule has 3 N–H and O–H groups in total. The van der Waals surface area contributed by atoms with Crippen LogP contribution >= 0.6 is 0 Å². The van der Waals surface area contributed by atoms with Gasteiger partial charge in [0.25, 0.3) is 0 Å². The van der Waals surface area contributed by atoms with Crippen molar-refractivity contribution in [3.8, 4) is 0 Å². The Bertz CT molecular complexity index is 518. The summed E-state index contributed by atoms with van der Waals surface area (Å²) in [7, 11) is -3.18. The van der Waals surface area contributed by atoms with Gasteiger partial charge in [-0.25, -0.2) is 8.42 Å². The average molecular weight is 284 g/mol. The summed E-state index contributed by atoms with van der Waals surface area (Å²) in [6.45, 7) is 6.52. The highest BCUT2D eigenvalue weighted by atomic mass is 32.2. The molecule has 1 atom stereocenters. The van der Waals surface area contributed by atoms with E-state index in [1.165, 1.54) is 6.26 Å². The molecule has 0 saturated heterocycles. The van der Waals surface area contributed by atoms with Crippen LogP contribution in [0, 0.1) is 5.41 Å². The quantitative estimate of drug-likeness (QED) is 0.643. The molecule has 0 aliphatic heterocycles. The topological polar surface area (TPSA) is 72.2 Å². The summed E-state index contributed by atoms with van der Waals surface area (Å²) in [6, 6.07) is 6.94. The summed E-state index contributed by atoms with van der Waals surface area (Å²) in [5.41, 5.74) is 3.91. The van der Waals surface area contributed by atoms with Gasteiger partial charge in [0.1, 0.15) is 0 Å². The summed E-state index contributed by atoms with van der Waals surface area (Å²) in [6.07, 6.45) is 3.09. The van der Waals surface area contributed by atoms with Crippen LogP contribution in [0.4, 0.5) is 0 Å². The van der Waals surface area contributed by atoms with Gasteiger partial charge in [0.05, 0.1) is 4.90 Å². The molecule has 0 heterocycles. The first-order valence-corrected chi connectivity index (χ1v) is 8.29. The molecule has 1 unspecified atom stereocenters. The Morgan fingerprint density at radius 3 is 2.42 bits per heavy atom. The Morgan fingerprint density at radius 1 is 1.32 bits per heavy atom. The van der Waals surface area contributed by atoms with Crippen molar-refractivity contribution < 1.29 is 8.42 Å². The number of nitrogens with two attached hydrogens (primary N) is 1. The highest BCUT2D eigenvalue weighted by Crippen LogP contribution is 2.27. The third kappa shape index (κ3) is 5.30. The van der Waals surface area contributed by atoms with Crippen LogP contribution in [0.2, 0.25) is 0 Å². The Morgan fingerprint density at radius 2 is 1.95 bits per heavy atom. The van der Waals surface area contributed by atoms with E-state index in [0.29, 0.717) is 4.90 Å². The molecule has 1 rings (SSSR count). The molecule has 0 aromatic heterocycles. The number of benzene rings is 1. The molecule has 0 aliphatic rings. The van der Waals surface area contributed by atoms with Crippen LogP contribution < -0.4 is 11.3 Å². The molecule has 108 valence electrons. The number of nitrogens with one attached hydrogen (secondary N) is 1. The Kier molecular flexibility index (Phi) is 5.12. The van der Waals surface area contributed by atoms with Crippen LogP contribution in [-0.2, 0) is 9.84 Å². The van der Waals surface area contributed by atoms with E-state index in [1.807, 2.05) is 6.07 Å². The lowest BCUT2D eigenvalue weighted by Gasteiger charge is -2.23. The molecule has 0 saturated carbocycles. The number of sulfone groups is 1. The summed E-state index contributed by atoms with van der Waals surface area (Å²) < 4.78 is 23.1. The van der Waals surface area contributed by atoms with Crippen LogP contribution in [0.15, 0.2) is 29.2 Å². The molecule has 0 fully saturated rings. The van der Waals surface area contributed by atoms with Gasteiger partial charge < -0.3 is 0 Å². The number of hydrogen-bond acceptors (Lipinski definition) is 4. The van der Waals surface area contributed by atoms with Crippen molar-refractivity contribution in [3.05, 3.63) is 29.8 Å². The molecule has 19 heavy (non-hydrogen) atoms. The van der Waals surface area contributed by atoms with Crippen molar-refractivity contribution in [1.29, 1.82) is 0 Å². The van der Waals surface area contributed by atoms with Gasteiger partial charge in [0.2, 0.25) is 0 Å². The minimum Gasteiger partial charge on any atom is -0.271 e. The van der Waals surface area contributed by atoms with E-state index in [9.17, 15) is 8.42 Å². The fraction of sp³-hybridized carbons (Fsp3) is 0.571. The Labute approximate surface area is 116 Å². The van der Waals surface area contributed by atoms with E-state index in [-0.39, 0.29) is 11.5 Å². The highest BCUT2D eigenvalue weighted by Gasteiger charge is 2.17. The molecule has 0 spiro atoms. The normalized spacial score (nSPS) is 14.4. The van der Waals surface area contributed by atoms with Crippen LogP contribution in [-0.4, -0.2) is 14.7 Å². The number of rotatable bonds is 5. The predicted octanol–water partition coefficient (Wildman–Crippen LogP) is 2.42. The zero-order chi connectivity index (χ0) is 14.7. The van der Waals surface area contributed by atoms with E-state index in [1.54, 1.807) is 18.2 Å². The summed E-state index contributed by atoms with van der Waals surface area (Å²) in [5.74, 6) is 5.59. The van der Waals surface area contributed by atoms with Crippen LogP contribution in [0.25, 0.3) is 0 Å². The molecule has 0 bridgehead atoms. The molecular weight excluding hydrogens is 260 g/mol. The lowest BCUT2D eigenvalue weighted by Crippen LogP contribution is -2.29. The maximum absolute atomic E-state index is 11.6. The van der Waals surface area contributed by atoms with Gasteiger partial charge in [0, 0.05) is 12.3 Å². The molecule has 5 heteroatoms. The first-order valence-electron chi connectivity index (χ1n) is 6.39. The second kappa shape index (κ2) is 6.03. The zero-order valence-corrected chi connectivity index (χ0v) is 12.9. The van der Waals surface area contributed by atoms with Gasteiger partial charge in [-0.05, 0) is 36.0 Å². The third-order valence-corrected chi connectivity index (χ3v) is 4.18. The average Bonchev–Trinajstić information content (AvgIpc) is 2.27. The summed E-state index contributed by atoms with van der Waals surface area (Å²) >= 11 is 0. The third-order valence-electron chi connectivity index (χ3n) is 3.07. The lowest BCUT2D eigenvalue weighted by atomic mass is 9.87. The molecule has 4 nitrogen and oxygen atoms in total. The molecule has 0 amide bonds. The second-order valence-corrected chi connectivity index (χ2v) is 8.18. The predicted molar refractivity (Wildman–Crippen MR) is 78.3 cm³/mol. The standard InChI is InChI=1S/C14H24N2O2S/c1-14(2,3)9-8-13(16-15)11-6-5-7-12(10-11)19(4,17)18/h5-7,10,13,16H,8-9,15H2,1-4H3. The number of hydrazine groups is 1. The fourth-order valence-corrected chi connectivity index (χ4v) is 2.56. The Balaban J connectivity index is 2.93. The molecular formula is C14H24N2O2S. The van der Waals surface area contributed by atoms with E-state index >= 15 is 0 Å². The highest BCUT2D eigenvalue weighted by molar-refractivity contribution is 7.90. The maximum atomic E-state index is 11.6. The first-order chi connectivity index (χ1) is 8.63. The van der Waals surface area contributed by atoms with E-state index in [2.05, 4.69) is 26.2 Å². The van der Waals surface area contributed by atoms with E-state index in [0.717, 1.165) is 18.4 Å². The van der Waals surface area contributed by atoms with Crippen molar-refractivity contribution in [2.24, 2.45) is 11.3 Å². The van der Waals surface area contributed by atoms with E-state index in [4.69, 9.17) is 5.84 Å². The second-order valence-electron chi connectivity index (χ2n) is 6.16. The molecule has 0 radical (unpaired) electrons. The minimum absolute atomic E-state index is 0.0269. The summed E-state index contributed by atoms with van der Waals surface area (Å²) in [4.78, 5) is 0.334. The minimum atomic E-state index is -3.18. The van der Waals surface area contributed by atoms with Crippen molar-refractivity contribution in [3.63, 3.8) is 0 Å². The van der Waals surface area contributed by atoms with Crippen LogP contribution in [0.5, 0.6) is 0 Å². The molecule has 1 aromatic rings. The summed E-state index contributed by atoms with van der Waals surface area (Å²) in [5, 5.41) is 0. The van der Waals surface area contributed by atoms with Crippen molar-refractivity contribution in [2.45, 2.75) is 44.6 Å². The van der Waals surface area contributed by atoms with Gasteiger partial charge in [0.15, 0.2) is 9.84 Å². The monoisotopic (exact) mass is 284 g/mol. The SMILES string of the molecule is CC(C)(C)CCC(NN)c1cccc(S(C)(=O)=O)c1. The first kappa shape index (κ1) is 16.1. The van der Waals surface area contributed by atoms with Crippen molar-refractivity contribution in [2.75, 3.05) is 6.26 Å². The van der Waals surface area contributed by atoms with Gasteiger partial charge >= 0.3 is 0 Å². The van der Waals surface area contributed by atoms with Gasteiger partial charge in [-0.2, -0.15) is 0 Å². The van der Waals surface area contributed by atoms with Gasteiger partial charge in [-0.1, -0.05) is 32.9 Å². The van der Waals surface area contributed by atoms with Crippen LogP contribution in [0.3, 0.4) is 0 Å². The largest absolute Gasteiger partial charge is 0.271 e. The molecule has 0 aliphatic carbocycles. The smallest absolute Gasteiger partial charge is 0.175 e. The van der Waals surface area contributed by atoms with E-state index < -0.39 is 9.84 Å². The maximum Gasteiger partial charge on any atom is 0.175 e. The van der Waals surface area contributed by atoms with Crippen LogP contribution in [0.1, 0.15) is 45.2 Å². The Hall–Kier alpha value is -0.910. The van der Waals surface area contributed by atoms with Crippen molar-refractivity contribution >= 4 is 9.84 Å². The zero-order valence-electron chi connectivity index (χ0n) is 12.1. The van der Waals surface area contributed by atoms with Crippen molar-refractivity contribution in [1.82, 2.24) is 5.43 Å². The molecule has 1 aromatic carbocycles.